The zero-order valence-electron chi connectivity index (χ0n) is 13.1. The molecule has 0 aromatic carbocycles. The second-order valence-electron chi connectivity index (χ2n) is 6.14. The fourth-order valence-corrected chi connectivity index (χ4v) is 2.90. The minimum absolute atomic E-state index is 0.542. The van der Waals surface area contributed by atoms with E-state index in [1.165, 1.54) is 12.8 Å². The van der Waals surface area contributed by atoms with Gasteiger partial charge in [0.05, 0.1) is 13.2 Å². The highest BCUT2D eigenvalue weighted by Crippen LogP contribution is 2.38. The molecule has 0 radical (unpaired) electrons. The summed E-state index contributed by atoms with van der Waals surface area (Å²) in [7, 11) is 0. The molecule has 1 aliphatic carbocycles. The quantitative estimate of drug-likeness (QED) is 0.710. The van der Waals surface area contributed by atoms with E-state index in [1.807, 2.05) is 6.92 Å². The third kappa shape index (κ3) is 4.02. The lowest BCUT2D eigenvalue weighted by Gasteiger charge is -2.39. The van der Waals surface area contributed by atoms with Crippen molar-refractivity contribution in [2.45, 2.75) is 45.2 Å². The molecular formula is C15H26N4O2. The summed E-state index contributed by atoms with van der Waals surface area (Å²) < 4.78 is 10.8. The molecule has 1 aliphatic heterocycles. The highest BCUT2D eigenvalue weighted by molar-refractivity contribution is 5.01. The monoisotopic (exact) mass is 294 g/mol. The van der Waals surface area contributed by atoms with Gasteiger partial charge < -0.3 is 9.26 Å². The first-order chi connectivity index (χ1) is 10.3. The Morgan fingerprint density at radius 1 is 1.33 bits per heavy atom. The molecule has 1 aromatic heterocycles. The molecule has 0 unspecified atom stereocenters. The maximum Gasteiger partial charge on any atom is 0.229 e. The maximum atomic E-state index is 5.45. The molecule has 118 valence electrons. The number of piperazine rings is 1. The van der Waals surface area contributed by atoms with Crippen molar-refractivity contribution in [2.75, 3.05) is 39.4 Å². The normalized spacial score (nSPS) is 24.6. The van der Waals surface area contributed by atoms with Gasteiger partial charge >= 0.3 is 0 Å². The minimum atomic E-state index is 0.542. The Morgan fingerprint density at radius 2 is 2.19 bits per heavy atom. The molecular weight excluding hydrogens is 268 g/mol. The lowest BCUT2D eigenvalue weighted by molar-refractivity contribution is 0.0455. The van der Waals surface area contributed by atoms with Gasteiger partial charge in [-0.25, -0.2) is 0 Å². The lowest BCUT2D eigenvalue weighted by Crippen LogP contribution is -2.52. The third-order valence-corrected chi connectivity index (χ3v) is 4.35. The predicted octanol–water partition coefficient (Wildman–Crippen LogP) is 1.49. The number of ether oxygens (including phenoxy) is 1. The van der Waals surface area contributed by atoms with Crippen molar-refractivity contribution < 1.29 is 9.26 Å². The van der Waals surface area contributed by atoms with Gasteiger partial charge in [-0.3, -0.25) is 9.80 Å². The standard InChI is InChI=1S/C15H26N4O2/c1-3-20-9-8-19-7-6-18(10-12(19)2)11-14-16-15(21-17-14)13-4-5-13/h12-13H,3-11H2,1-2H3/t12-/m1/s1. The summed E-state index contributed by atoms with van der Waals surface area (Å²) in [5, 5.41) is 4.11. The van der Waals surface area contributed by atoms with Gasteiger partial charge in [0.25, 0.3) is 0 Å². The summed E-state index contributed by atoms with van der Waals surface area (Å²) in [6, 6.07) is 0.550. The van der Waals surface area contributed by atoms with Crippen molar-refractivity contribution in [1.29, 1.82) is 0 Å². The minimum Gasteiger partial charge on any atom is -0.380 e. The molecule has 6 nitrogen and oxygen atoms in total. The first-order valence-electron chi connectivity index (χ1n) is 8.13. The Labute approximate surface area is 126 Å². The van der Waals surface area contributed by atoms with E-state index in [4.69, 9.17) is 9.26 Å². The highest BCUT2D eigenvalue weighted by atomic mass is 16.5. The van der Waals surface area contributed by atoms with Gasteiger partial charge in [-0.15, -0.1) is 0 Å². The van der Waals surface area contributed by atoms with Crippen LogP contribution in [-0.4, -0.2) is 65.4 Å². The molecule has 1 aromatic rings. The van der Waals surface area contributed by atoms with Crippen LogP contribution in [0.5, 0.6) is 0 Å². The molecule has 1 atom stereocenters. The van der Waals surface area contributed by atoms with Crippen LogP contribution < -0.4 is 0 Å². The molecule has 3 rings (SSSR count). The van der Waals surface area contributed by atoms with E-state index >= 15 is 0 Å². The molecule has 0 spiro atoms. The van der Waals surface area contributed by atoms with E-state index in [1.54, 1.807) is 0 Å². The molecule has 1 saturated heterocycles. The van der Waals surface area contributed by atoms with Crippen LogP contribution in [0.4, 0.5) is 0 Å². The number of hydrogen-bond acceptors (Lipinski definition) is 6. The van der Waals surface area contributed by atoms with Crippen LogP contribution in [-0.2, 0) is 11.3 Å². The van der Waals surface area contributed by atoms with Crippen LogP contribution in [0.1, 0.15) is 44.3 Å². The smallest absolute Gasteiger partial charge is 0.229 e. The SMILES string of the molecule is CCOCCN1CCN(Cc2noc(C3CC3)n2)C[C@H]1C. The van der Waals surface area contributed by atoms with E-state index in [9.17, 15) is 0 Å². The Kier molecular flexibility index (Phi) is 4.87. The molecule has 0 amide bonds. The summed E-state index contributed by atoms with van der Waals surface area (Å²) in [4.78, 5) is 9.44. The topological polar surface area (TPSA) is 54.6 Å². The van der Waals surface area contributed by atoms with Crippen molar-refractivity contribution in [1.82, 2.24) is 19.9 Å². The van der Waals surface area contributed by atoms with Gasteiger partial charge in [0, 0.05) is 44.7 Å². The van der Waals surface area contributed by atoms with Crippen LogP contribution in [0.3, 0.4) is 0 Å². The summed E-state index contributed by atoms with van der Waals surface area (Å²) in [5.74, 6) is 2.22. The largest absolute Gasteiger partial charge is 0.380 e. The van der Waals surface area contributed by atoms with E-state index in [0.717, 1.165) is 57.7 Å². The van der Waals surface area contributed by atoms with Gasteiger partial charge in [0.2, 0.25) is 5.89 Å². The highest BCUT2D eigenvalue weighted by Gasteiger charge is 2.30. The molecule has 0 N–H and O–H groups in total. The van der Waals surface area contributed by atoms with E-state index in [0.29, 0.717) is 12.0 Å². The Morgan fingerprint density at radius 3 is 2.90 bits per heavy atom. The number of nitrogens with zero attached hydrogens (tertiary/aromatic N) is 4. The van der Waals surface area contributed by atoms with Gasteiger partial charge in [-0.2, -0.15) is 4.98 Å². The van der Waals surface area contributed by atoms with Gasteiger partial charge in [0.1, 0.15) is 0 Å². The fraction of sp³-hybridized carbons (Fsp3) is 0.867. The second-order valence-corrected chi connectivity index (χ2v) is 6.14. The Balaban J connectivity index is 1.45. The predicted molar refractivity (Wildman–Crippen MR) is 79.1 cm³/mol. The van der Waals surface area contributed by atoms with Crippen LogP contribution in [0.25, 0.3) is 0 Å². The van der Waals surface area contributed by atoms with Crippen molar-refractivity contribution in [3.63, 3.8) is 0 Å². The summed E-state index contributed by atoms with van der Waals surface area (Å²) in [6.45, 7) is 11.0. The van der Waals surface area contributed by atoms with E-state index in [-0.39, 0.29) is 0 Å². The van der Waals surface area contributed by atoms with Gasteiger partial charge in [0.15, 0.2) is 5.82 Å². The van der Waals surface area contributed by atoms with E-state index in [2.05, 4.69) is 26.9 Å². The average Bonchev–Trinajstić information content (AvgIpc) is 3.22. The summed E-state index contributed by atoms with van der Waals surface area (Å²) >= 11 is 0. The first-order valence-corrected chi connectivity index (χ1v) is 8.13. The molecule has 21 heavy (non-hydrogen) atoms. The van der Waals surface area contributed by atoms with Crippen LogP contribution in [0.15, 0.2) is 4.52 Å². The number of rotatable bonds is 7. The molecule has 6 heteroatoms. The zero-order valence-corrected chi connectivity index (χ0v) is 13.1. The fourth-order valence-electron chi connectivity index (χ4n) is 2.90. The second kappa shape index (κ2) is 6.85. The van der Waals surface area contributed by atoms with Crippen molar-refractivity contribution in [3.8, 4) is 0 Å². The molecule has 2 aliphatic rings. The Hall–Kier alpha value is -0.980. The van der Waals surface area contributed by atoms with E-state index < -0.39 is 0 Å². The van der Waals surface area contributed by atoms with Crippen molar-refractivity contribution in [3.05, 3.63) is 11.7 Å². The van der Waals surface area contributed by atoms with Crippen molar-refractivity contribution in [2.24, 2.45) is 0 Å². The summed E-state index contributed by atoms with van der Waals surface area (Å²) in [6.07, 6.45) is 2.41. The van der Waals surface area contributed by atoms with Crippen LogP contribution >= 0.6 is 0 Å². The van der Waals surface area contributed by atoms with Crippen LogP contribution in [0.2, 0.25) is 0 Å². The lowest BCUT2D eigenvalue weighted by atomic mass is 10.2. The van der Waals surface area contributed by atoms with Gasteiger partial charge in [-0.05, 0) is 26.7 Å². The maximum absolute atomic E-state index is 5.45. The third-order valence-electron chi connectivity index (χ3n) is 4.35. The average molecular weight is 294 g/mol. The zero-order chi connectivity index (χ0) is 14.7. The van der Waals surface area contributed by atoms with Crippen LogP contribution in [0, 0.1) is 0 Å². The van der Waals surface area contributed by atoms with Gasteiger partial charge in [-0.1, -0.05) is 5.16 Å². The number of aromatic nitrogens is 2. The van der Waals surface area contributed by atoms with Crippen molar-refractivity contribution >= 4 is 0 Å². The molecule has 0 bridgehead atoms. The molecule has 1 saturated carbocycles. The summed E-state index contributed by atoms with van der Waals surface area (Å²) in [5.41, 5.74) is 0. The molecule has 2 heterocycles. The Bertz CT molecular complexity index is 447. The first kappa shape index (κ1) is 14.9. The number of hydrogen-bond donors (Lipinski definition) is 0. The molecule has 2 fully saturated rings.